The summed E-state index contributed by atoms with van der Waals surface area (Å²) in [6.07, 6.45) is 3.70. The minimum absolute atomic E-state index is 0. The van der Waals surface area contributed by atoms with Crippen molar-refractivity contribution >= 4 is 21.2 Å². The van der Waals surface area contributed by atoms with E-state index in [0.717, 1.165) is 5.75 Å². The van der Waals surface area contributed by atoms with E-state index in [4.69, 9.17) is 4.52 Å². The Hall–Kier alpha value is -0.260. The van der Waals surface area contributed by atoms with Gasteiger partial charge in [0.05, 0.1) is 8.81 Å². The SMILES string of the molecule is CCCCPOc1cccc(C)c1C.Cl. The van der Waals surface area contributed by atoms with Gasteiger partial charge in [0, 0.05) is 6.16 Å². The fraction of sp³-hybridized carbons (Fsp3) is 0.500. The van der Waals surface area contributed by atoms with Gasteiger partial charge in [0.15, 0.2) is 0 Å². The normalized spacial score (nSPS) is 10.3. The van der Waals surface area contributed by atoms with Crippen molar-refractivity contribution in [2.45, 2.75) is 33.6 Å². The zero-order chi connectivity index (χ0) is 10.4. The molecule has 1 rings (SSSR count). The third kappa shape index (κ3) is 4.86. The second-order valence-electron chi connectivity index (χ2n) is 3.55. The van der Waals surface area contributed by atoms with Crippen molar-refractivity contribution in [2.24, 2.45) is 0 Å². The van der Waals surface area contributed by atoms with Crippen LogP contribution in [-0.2, 0) is 0 Å². The van der Waals surface area contributed by atoms with E-state index in [-0.39, 0.29) is 12.4 Å². The summed E-state index contributed by atoms with van der Waals surface area (Å²) in [5.41, 5.74) is 2.58. The first-order valence-corrected chi connectivity index (χ1v) is 6.33. The summed E-state index contributed by atoms with van der Waals surface area (Å²) in [5.74, 6) is 1.06. The van der Waals surface area contributed by atoms with E-state index in [9.17, 15) is 0 Å². The van der Waals surface area contributed by atoms with Gasteiger partial charge in [0.25, 0.3) is 0 Å². The number of benzene rings is 1. The molecule has 1 aromatic rings. The summed E-state index contributed by atoms with van der Waals surface area (Å²) in [4.78, 5) is 0. The molecule has 1 aromatic carbocycles. The Balaban J connectivity index is 0.00000196. The summed E-state index contributed by atoms with van der Waals surface area (Å²) in [6, 6.07) is 6.24. The molecule has 0 N–H and O–H groups in total. The second-order valence-corrected chi connectivity index (χ2v) is 4.54. The number of rotatable bonds is 5. The molecule has 0 saturated carbocycles. The Morgan fingerprint density at radius 1 is 1.27 bits per heavy atom. The van der Waals surface area contributed by atoms with Crippen LogP contribution in [0.2, 0.25) is 0 Å². The topological polar surface area (TPSA) is 9.23 Å². The molecular formula is C12H20ClOP. The maximum Gasteiger partial charge on any atom is 0.126 e. The van der Waals surface area contributed by atoms with E-state index in [1.54, 1.807) is 0 Å². The quantitative estimate of drug-likeness (QED) is 0.549. The lowest BCUT2D eigenvalue weighted by Gasteiger charge is -2.09. The van der Waals surface area contributed by atoms with Crippen LogP contribution in [0.1, 0.15) is 30.9 Å². The minimum atomic E-state index is 0. The first-order valence-electron chi connectivity index (χ1n) is 5.21. The fourth-order valence-corrected chi connectivity index (χ4v) is 2.19. The molecule has 1 unspecified atom stereocenters. The van der Waals surface area contributed by atoms with E-state index in [0.29, 0.717) is 8.81 Å². The van der Waals surface area contributed by atoms with Crippen LogP contribution in [-0.4, -0.2) is 6.16 Å². The van der Waals surface area contributed by atoms with Crippen LogP contribution in [0.25, 0.3) is 0 Å². The largest absolute Gasteiger partial charge is 0.477 e. The van der Waals surface area contributed by atoms with Crippen molar-refractivity contribution in [3.63, 3.8) is 0 Å². The Labute approximate surface area is 101 Å². The van der Waals surface area contributed by atoms with Crippen LogP contribution in [0.15, 0.2) is 18.2 Å². The predicted molar refractivity (Wildman–Crippen MR) is 71.9 cm³/mol. The van der Waals surface area contributed by atoms with E-state index >= 15 is 0 Å². The van der Waals surface area contributed by atoms with Gasteiger partial charge in [-0.05, 0) is 37.5 Å². The first-order chi connectivity index (χ1) is 6.75. The van der Waals surface area contributed by atoms with E-state index in [2.05, 4.69) is 39.0 Å². The van der Waals surface area contributed by atoms with E-state index in [1.807, 2.05) is 0 Å². The second kappa shape index (κ2) is 7.96. The molecule has 0 aliphatic rings. The lowest BCUT2D eigenvalue weighted by Crippen LogP contribution is -1.88. The Bertz CT molecular complexity index is 289. The van der Waals surface area contributed by atoms with Gasteiger partial charge in [0.1, 0.15) is 5.75 Å². The highest BCUT2D eigenvalue weighted by Crippen LogP contribution is 2.27. The highest BCUT2D eigenvalue weighted by molar-refractivity contribution is 7.32. The van der Waals surface area contributed by atoms with Crippen LogP contribution in [0.4, 0.5) is 0 Å². The maximum atomic E-state index is 5.75. The highest BCUT2D eigenvalue weighted by Gasteiger charge is 2.00. The zero-order valence-electron chi connectivity index (χ0n) is 9.67. The number of hydrogen-bond acceptors (Lipinski definition) is 1. The fourth-order valence-electron chi connectivity index (χ4n) is 1.21. The Kier molecular flexibility index (Phi) is 7.82. The molecule has 1 atom stereocenters. The zero-order valence-corrected chi connectivity index (χ0v) is 11.5. The molecular weight excluding hydrogens is 227 g/mol. The monoisotopic (exact) mass is 246 g/mol. The Morgan fingerprint density at radius 3 is 2.67 bits per heavy atom. The van der Waals surface area contributed by atoms with Gasteiger partial charge >= 0.3 is 0 Å². The average Bonchev–Trinajstić information content (AvgIpc) is 2.19. The summed E-state index contributed by atoms with van der Waals surface area (Å²) >= 11 is 0. The summed E-state index contributed by atoms with van der Waals surface area (Å²) in [7, 11) is 0.609. The van der Waals surface area contributed by atoms with Crippen molar-refractivity contribution in [3.8, 4) is 5.75 Å². The number of unbranched alkanes of at least 4 members (excludes halogenated alkanes) is 1. The standard InChI is InChI=1S/C12H19OP.ClH/c1-4-5-9-14-13-12-8-6-7-10(2)11(12)3;/h6-8,14H,4-5,9H2,1-3H3;1H. The smallest absolute Gasteiger partial charge is 0.126 e. The molecule has 0 amide bonds. The summed E-state index contributed by atoms with van der Waals surface area (Å²) < 4.78 is 5.75. The summed E-state index contributed by atoms with van der Waals surface area (Å²) in [6.45, 7) is 6.45. The molecule has 15 heavy (non-hydrogen) atoms. The highest BCUT2D eigenvalue weighted by atomic mass is 35.5. The van der Waals surface area contributed by atoms with Crippen LogP contribution < -0.4 is 4.52 Å². The van der Waals surface area contributed by atoms with Crippen LogP contribution >= 0.6 is 21.2 Å². The van der Waals surface area contributed by atoms with Gasteiger partial charge in [-0.1, -0.05) is 25.5 Å². The number of hydrogen-bond donors (Lipinski definition) is 0. The third-order valence-corrected chi connectivity index (χ3v) is 3.29. The van der Waals surface area contributed by atoms with Crippen LogP contribution in [0, 0.1) is 13.8 Å². The van der Waals surface area contributed by atoms with Crippen molar-refractivity contribution in [1.29, 1.82) is 0 Å². The molecule has 1 nitrogen and oxygen atoms in total. The Morgan fingerprint density at radius 2 is 2.00 bits per heavy atom. The molecule has 0 radical (unpaired) electrons. The van der Waals surface area contributed by atoms with Crippen molar-refractivity contribution in [1.82, 2.24) is 0 Å². The van der Waals surface area contributed by atoms with E-state index < -0.39 is 0 Å². The summed E-state index contributed by atoms with van der Waals surface area (Å²) in [5, 5.41) is 0. The average molecular weight is 247 g/mol. The van der Waals surface area contributed by atoms with Crippen molar-refractivity contribution < 1.29 is 4.52 Å². The maximum absolute atomic E-state index is 5.75. The van der Waals surface area contributed by atoms with Gasteiger partial charge in [0.2, 0.25) is 0 Å². The van der Waals surface area contributed by atoms with Crippen LogP contribution in [0.5, 0.6) is 5.75 Å². The molecule has 3 heteroatoms. The minimum Gasteiger partial charge on any atom is -0.477 e. The van der Waals surface area contributed by atoms with Gasteiger partial charge in [-0.25, -0.2) is 0 Å². The van der Waals surface area contributed by atoms with Gasteiger partial charge < -0.3 is 4.52 Å². The van der Waals surface area contributed by atoms with Gasteiger partial charge in [-0.15, -0.1) is 12.4 Å². The number of aryl methyl sites for hydroxylation is 1. The van der Waals surface area contributed by atoms with Crippen molar-refractivity contribution in [2.75, 3.05) is 6.16 Å². The molecule has 0 aliphatic heterocycles. The molecule has 86 valence electrons. The lowest BCUT2D eigenvalue weighted by molar-refractivity contribution is 0.620. The number of halogens is 1. The van der Waals surface area contributed by atoms with Gasteiger partial charge in [-0.3, -0.25) is 0 Å². The third-order valence-electron chi connectivity index (χ3n) is 2.37. The molecule has 0 spiro atoms. The van der Waals surface area contributed by atoms with Gasteiger partial charge in [-0.2, -0.15) is 0 Å². The first kappa shape index (κ1) is 14.7. The molecule has 0 fully saturated rings. The molecule has 0 bridgehead atoms. The van der Waals surface area contributed by atoms with Crippen LogP contribution in [0.3, 0.4) is 0 Å². The lowest BCUT2D eigenvalue weighted by atomic mass is 10.1. The molecule has 0 aliphatic carbocycles. The predicted octanol–water partition coefficient (Wildman–Crippen LogP) is 4.50. The molecule has 0 heterocycles. The van der Waals surface area contributed by atoms with Crippen molar-refractivity contribution in [3.05, 3.63) is 29.3 Å². The van der Waals surface area contributed by atoms with E-state index in [1.165, 1.54) is 30.1 Å². The molecule has 0 aromatic heterocycles. The molecule has 0 saturated heterocycles.